The fourth-order valence-electron chi connectivity index (χ4n) is 1.81. The first-order chi connectivity index (χ1) is 8.58. The number of rotatable bonds is 1. The van der Waals surface area contributed by atoms with Gasteiger partial charge in [-0.25, -0.2) is 9.69 Å². The molecule has 1 aliphatic rings. The summed E-state index contributed by atoms with van der Waals surface area (Å²) >= 11 is 0. The van der Waals surface area contributed by atoms with E-state index in [1.807, 2.05) is 6.07 Å². The Morgan fingerprint density at radius 1 is 1.39 bits per heavy atom. The largest absolute Gasteiger partial charge is 0.479 e. The molecule has 1 heterocycles. The van der Waals surface area contributed by atoms with Crippen LogP contribution >= 0.6 is 0 Å². The maximum atomic E-state index is 12.0. The SMILES string of the molecule is CNC(=O)N1C(=O)C(C)Oc2ccc(NC)cc21. The fraction of sp³-hybridized carbons (Fsp3) is 0.333. The van der Waals surface area contributed by atoms with Crippen molar-refractivity contribution in [3.63, 3.8) is 0 Å². The molecule has 1 unspecified atom stereocenters. The standard InChI is InChI=1S/C12H15N3O3/c1-7-11(16)15(12(17)14-3)9-6-8(13-2)4-5-10(9)18-7/h4-7,13H,1-3H3,(H,14,17). The van der Waals surface area contributed by atoms with Crippen LogP contribution in [0.4, 0.5) is 16.2 Å². The van der Waals surface area contributed by atoms with Crippen molar-refractivity contribution in [2.24, 2.45) is 0 Å². The van der Waals surface area contributed by atoms with Gasteiger partial charge < -0.3 is 15.4 Å². The van der Waals surface area contributed by atoms with Crippen molar-refractivity contribution in [1.29, 1.82) is 0 Å². The Morgan fingerprint density at radius 3 is 2.72 bits per heavy atom. The minimum atomic E-state index is -0.671. The summed E-state index contributed by atoms with van der Waals surface area (Å²) in [5.74, 6) is 0.139. The summed E-state index contributed by atoms with van der Waals surface area (Å²) in [5, 5.41) is 5.41. The van der Waals surface area contributed by atoms with E-state index >= 15 is 0 Å². The first kappa shape index (κ1) is 12.2. The monoisotopic (exact) mass is 249 g/mol. The molecule has 0 fully saturated rings. The van der Waals surface area contributed by atoms with Crippen LogP contribution in [0.3, 0.4) is 0 Å². The van der Waals surface area contributed by atoms with E-state index in [9.17, 15) is 9.59 Å². The molecule has 1 aromatic carbocycles. The molecule has 6 heteroatoms. The van der Waals surface area contributed by atoms with Gasteiger partial charge in [-0.1, -0.05) is 0 Å². The Labute approximate surface area is 105 Å². The molecule has 0 radical (unpaired) electrons. The molecule has 1 aromatic rings. The summed E-state index contributed by atoms with van der Waals surface area (Å²) < 4.78 is 5.47. The third-order valence-corrected chi connectivity index (χ3v) is 2.78. The van der Waals surface area contributed by atoms with E-state index in [0.717, 1.165) is 10.6 Å². The van der Waals surface area contributed by atoms with E-state index < -0.39 is 12.1 Å². The van der Waals surface area contributed by atoms with Crippen molar-refractivity contribution in [2.45, 2.75) is 13.0 Å². The molecule has 1 aliphatic heterocycles. The van der Waals surface area contributed by atoms with Crippen molar-refractivity contribution in [1.82, 2.24) is 5.32 Å². The third kappa shape index (κ3) is 1.85. The highest BCUT2D eigenvalue weighted by molar-refractivity contribution is 6.17. The number of urea groups is 1. The summed E-state index contributed by atoms with van der Waals surface area (Å²) in [6.07, 6.45) is -0.671. The number of imide groups is 1. The summed E-state index contributed by atoms with van der Waals surface area (Å²) in [6.45, 7) is 1.62. The molecule has 96 valence electrons. The zero-order chi connectivity index (χ0) is 13.3. The second-order valence-electron chi connectivity index (χ2n) is 3.92. The van der Waals surface area contributed by atoms with E-state index in [4.69, 9.17) is 4.74 Å². The lowest BCUT2D eigenvalue weighted by Gasteiger charge is -2.31. The molecule has 2 N–H and O–H groups in total. The van der Waals surface area contributed by atoms with Crippen molar-refractivity contribution in [3.05, 3.63) is 18.2 Å². The Bertz CT molecular complexity index is 501. The van der Waals surface area contributed by atoms with Crippen LogP contribution in [-0.2, 0) is 4.79 Å². The zero-order valence-electron chi connectivity index (χ0n) is 10.5. The number of nitrogens with one attached hydrogen (secondary N) is 2. The molecule has 0 saturated heterocycles. The first-order valence-electron chi connectivity index (χ1n) is 5.62. The van der Waals surface area contributed by atoms with Gasteiger partial charge in [-0.15, -0.1) is 0 Å². The summed E-state index contributed by atoms with van der Waals surface area (Å²) in [7, 11) is 3.25. The lowest BCUT2D eigenvalue weighted by Crippen LogP contribution is -2.50. The number of anilines is 2. The van der Waals surface area contributed by atoms with Gasteiger partial charge >= 0.3 is 6.03 Å². The summed E-state index contributed by atoms with van der Waals surface area (Å²) in [6, 6.07) is 4.79. The molecule has 1 atom stereocenters. The van der Waals surface area contributed by atoms with Crippen LogP contribution in [0.2, 0.25) is 0 Å². The number of amides is 3. The number of hydrogen-bond acceptors (Lipinski definition) is 4. The Balaban J connectivity index is 2.53. The highest BCUT2D eigenvalue weighted by atomic mass is 16.5. The fourth-order valence-corrected chi connectivity index (χ4v) is 1.81. The molecule has 0 bridgehead atoms. The molecule has 18 heavy (non-hydrogen) atoms. The maximum Gasteiger partial charge on any atom is 0.328 e. The van der Waals surface area contributed by atoms with E-state index in [1.165, 1.54) is 7.05 Å². The van der Waals surface area contributed by atoms with Crippen molar-refractivity contribution in [3.8, 4) is 5.75 Å². The second-order valence-corrected chi connectivity index (χ2v) is 3.92. The molecule has 0 aromatic heterocycles. The molecule has 0 saturated carbocycles. The predicted octanol–water partition coefficient (Wildman–Crippen LogP) is 1.18. The van der Waals surface area contributed by atoms with Gasteiger partial charge in [-0.05, 0) is 25.1 Å². The number of ether oxygens (including phenoxy) is 1. The van der Waals surface area contributed by atoms with Crippen LogP contribution in [-0.4, -0.2) is 32.1 Å². The minimum absolute atomic E-state index is 0.380. The average molecular weight is 249 g/mol. The van der Waals surface area contributed by atoms with Crippen molar-refractivity contribution < 1.29 is 14.3 Å². The Morgan fingerprint density at radius 2 is 2.11 bits per heavy atom. The van der Waals surface area contributed by atoms with E-state index in [2.05, 4.69) is 10.6 Å². The van der Waals surface area contributed by atoms with Gasteiger partial charge in [-0.3, -0.25) is 4.79 Å². The van der Waals surface area contributed by atoms with Gasteiger partial charge in [0.25, 0.3) is 5.91 Å². The first-order valence-corrected chi connectivity index (χ1v) is 5.62. The lowest BCUT2D eigenvalue weighted by atomic mass is 10.1. The zero-order valence-corrected chi connectivity index (χ0v) is 10.5. The number of carbonyl (C=O) groups is 2. The molecule has 6 nitrogen and oxygen atoms in total. The average Bonchev–Trinajstić information content (AvgIpc) is 2.39. The van der Waals surface area contributed by atoms with Crippen LogP contribution in [0.25, 0.3) is 0 Å². The van der Waals surface area contributed by atoms with Crippen LogP contribution in [0.5, 0.6) is 5.75 Å². The molecule has 3 amide bonds. The van der Waals surface area contributed by atoms with E-state index in [1.54, 1.807) is 26.1 Å². The van der Waals surface area contributed by atoms with Gasteiger partial charge in [0.15, 0.2) is 6.10 Å². The minimum Gasteiger partial charge on any atom is -0.479 e. The number of nitrogens with zero attached hydrogens (tertiary/aromatic N) is 1. The molecule has 0 spiro atoms. The third-order valence-electron chi connectivity index (χ3n) is 2.78. The number of benzene rings is 1. The van der Waals surface area contributed by atoms with E-state index in [-0.39, 0.29) is 5.91 Å². The smallest absolute Gasteiger partial charge is 0.328 e. The number of hydrogen-bond donors (Lipinski definition) is 2. The van der Waals surface area contributed by atoms with Crippen LogP contribution in [0.15, 0.2) is 18.2 Å². The molecular formula is C12H15N3O3. The maximum absolute atomic E-state index is 12.0. The quantitative estimate of drug-likeness (QED) is 0.784. The van der Waals surface area contributed by atoms with Gasteiger partial charge in [0.1, 0.15) is 5.75 Å². The normalized spacial score (nSPS) is 17.8. The molecular weight excluding hydrogens is 234 g/mol. The highest BCUT2D eigenvalue weighted by Crippen LogP contribution is 2.36. The second kappa shape index (κ2) is 4.56. The summed E-state index contributed by atoms with van der Waals surface area (Å²) in [5.41, 5.74) is 1.25. The lowest BCUT2D eigenvalue weighted by molar-refractivity contribution is -0.124. The van der Waals surface area contributed by atoms with Gasteiger partial charge in [-0.2, -0.15) is 0 Å². The van der Waals surface area contributed by atoms with Gasteiger partial charge in [0.05, 0.1) is 5.69 Å². The van der Waals surface area contributed by atoms with Crippen LogP contribution in [0, 0.1) is 0 Å². The van der Waals surface area contributed by atoms with E-state index in [0.29, 0.717) is 11.4 Å². The molecule has 2 rings (SSSR count). The predicted molar refractivity (Wildman–Crippen MR) is 68.0 cm³/mol. The Kier molecular flexibility index (Phi) is 3.10. The van der Waals surface area contributed by atoms with Crippen molar-refractivity contribution in [2.75, 3.05) is 24.3 Å². The number of carbonyl (C=O) groups excluding carboxylic acids is 2. The molecule has 0 aliphatic carbocycles. The van der Waals surface area contributed by atoms with Crippen LogP contribution in [0.1, 0.15) is 6.92 Å². The number of fused-ring (bicyclic) bond motifs is 1. The highest BCUT2D eigenvalue weighted by Gasteiger charge is 2.35. The summed E-state index contributed by atoms with van der Waals surface area (Å²) in [4.78, 5) is 24.9. The van der Waals surface area contributed by atoms with Crippen molar-refractivity contribution >= 4 is 23.3 Å². The Hall–Kier alpha value is -2.24. The topological polar surface area (TPSA) is 70.7 Å². The van der Waals surface area contributed by atoms with Gasteiger partial charge in [0, 0.05) is 19.8 Å². The van der Waals surface area contributed by atoms with Crippen LogP contribution < -0.4 is 20.3 Å². The van der Waals surface area contributed by atoms with Gasteiger partial charge in [0.2, 0.25) is 0 Å².